The van der Waals surface area contributed by atoms with Crippen LogP contribution >= 0.6 is 12.2 Å². The Morgan fingerprint density at radius 2 is 2.44 bits per heavy atom. The maximum atomic E-state index is 4.39. The number of nitrogens with one attached hydrogen (secondary N) is 1. The van der Waals surface area contributed by atoms with Gasteiger partial charge in [0.2, 0.25) is 0 Å². The summed E-state index contributed by atoms with van der Waals surface area (Å²) in [5.41, 5.74) is 0. The van der Waals surface area contributed by atoms with Gasteiger partial charge in [0, 0.05) is 0 Å². The summed E-state index contributed by atoms with van der Waals surface area (Å²) in [6, 6.07) is 0. The highest BCUT2D eigenvalue weighted by Crippen LogP contribution is 1.75. The third kappa shape index (κ3) is 7.76. The summed E-state index contributed by atoms with van der Waals surface area (Å²) >= 11 is 4.39. The first-order chi connectivity index (χ1) is 4.41. The Kier molecular flexibility index (Phi) is 7.55. The van der Waals surface area contributed by atoms with Crippen molar-refractivity contribution in [2.24, 2.45) is 4.99 Å². The molecule has 0 fully saturated rings. The topological polar surface area (TPSA) is 24.4 Å². The Morgan fingerprint density at radius 1 is 1.67 bits per heavy atom. The van der Waals surface area contributed by atoms with E-state index in [9.17, 15) is 0 Å². The van der Waals surface area contributed by atoms with Gasteiger partial charge in [-0.05, 0) is 31.7 Å². The zero-order valence-corrected chi connectivity index (χ0v) is 6.50. The highest BCUT2D eigenvalue weighted by molar-refractivity contribution is 7.78. The number of nitrogens with zero attached hydrogens (tertiary/aromatic N) is 1. The summed E-state index contributed by atoms with van der Waals surface area (Å²) in [4.78, 5) is 3.77. The summed E-state index contributed by atoms with van der Waals surface area (Å²) in [5.74, 6) is 0. The molecule has 0 aromatic heterocycles. The van der Waals surface area contributed by atoms with Crippen molar-refractivity contribution in [1.82, 2.24) is 5.32 Å². The van der Waals surface area contributed by atoms with E-state index in [4.69, 9.17) is 0 Å². The average molecular weight is 144 g/mol. The van der Waals surface area contributed by atoms with Crippen LogP contribution in [-0.2, 0) is 0 Å². The number of aliphatic imine (C=N–C) groups is 1. The Hall–Kier alpha value is -0.240. The first-order valence-corrected chi connectivity index (χ1v) is 3.57. The van der Waals surface area contributed by atoms with Crippen LogP contribution in [0.25, 0.3) is 0 Å². The Morgan fingerprint density at radius 3 is 3.00 bits per heavy atom. The van der Waals surface area contributed by atoms with Gasteiger partial charge in [-0.25, -0.2) is 4.99 Å². The molecular weight excluding hydrogens is 132 g/mol. The first-order valence-electron chi connectivity index (χ1n) is 3.16. The maximum absolute atomic E-state index is 4.39. The second-order valence-electron chi connectivity index (χ2n) is 1.68. The third-order valence-electron chi connectivity index (χ3n) is 0.938. The summed E-state index contributed by atoms with van der Waals surface area (Å²) < 4.78 is 0. The van der Waals surface area contributed by atoms with E-state index in [0.29, 0.717) is 0 Å². The van der Waals surface area contributed by atoms with E-state index >= 15 is 0 Å². The molecule has 0 bridgehead atoms. The molecule has 9 heavy (non-hydrogen) atoms. The lowest BCUT2D eigenvalue weighted by atomic mass is 10.4. The summed E-state index contributed by atoms with van der Waals surface area (Å²) in [6.07, 6.45) is 1.05. The lowest BCUT2D eigenvalue weighted by molar-refractivity contribution is 0.681. The number of rotatable bonds is 5. The fraction of sp³-hybridized carbons (Fsp3) is 0.833. The molecule has 0 unspecified atom stereocenters. The van der Waals surface area contributed by atoms with Gasteiger partial charge in [0.1, 0.15) is 0 Å². The van der Waals surface area contributed by atoms with E-state index in [-0.39, 0.29) is 0 Å². The number of hydrogen-bond acceptors (Lipinski definition) is 3. The molecule has 0 rings (SSSR count). The summed E-state index contributed by atoms with van der Waals surface area (Å²) in [7, 11) is 0. The van der Waals surface area contributed by atoms with Crippen molar-refractivity contribution in [2.45, 2.75) is 13.3 Å². The third-order valence-corrected chi connectivity index (χ3v) is 1.07. The smallest absolute Gasteiger partial charge is 0.0584 e. The van der Waals surface area contributed by atoms with Gasteiger partial charge in [0.25, 0.3) is 0 Å². The molecule has 52 valence electrons. The first kappa shape index (κ1) is 8.76. The number of thiocarbonyl (C=S) groups is 1. The van der Waals surface area contributed by atoms with Crippen molar-refractivity contribution in [3.8, 4) is 0 Å². The van der Waals surface area contributed by atoms with Gasteiger partial charge in [-0.3, -0.25) is 0 Å². The maximum Gasteiger partial charge on any atom is 0.0584 e. The largest absolute Gasteiger partial charge is 0.317 e. The minimum absolute atomic E-state index is 0.802. The Bertz CT molecular complexity index is 97.2. The lowest BCUT2D eigenvalue weighted by Gasteiger charge is -1.95. The van der Waals surface area contributed by atoms with E-state index in [0.717, 1.165) is 26.1 Å². The van der Waals surface area contributed by atoms with Crippen molar-refractivity contribution in [3.63, 3.8) is 0 Å². The normalized spacial score (nSPS) is 8.56. The summed E-state index contributed by atoms with van der Waals surface area (Å²) in [6.45, 7) is 4.94. The molecule has 0 spiro atoms. The fourth-order valence-corrected chi connectivity index (χ4v) is 0.597. The van der Waals surface area contributed by atoms with E-state index in [2.05, 4.69) is 34.6 Å². The number of isothiocyanates is 1. The van der Waals surface area contributed by atoms with E-state index in [1.807, 2.05) is 0 Å². The van der Waals surface area contributed by atoms with Gasteiger partial charge in [-0.15, -0.1) is 0 Å². The molecule has 0 aromatic rings. The van der Waals surface area contributed by atoms with Gasteiger partial charge >= 0.3 is 0 Å². The molecule has 0 amide bonds. The van der Waals surface area contributed by atoms with Gasteiger partial charge in [-0.1, -0.05) is 6.92 Å². The van der Waals surface area contributed by atoms with Crippen molar-refractivity contribution < 1.29 is 0 Å². The Labute approximate surface area is 61.4 Å². The fourth-order valence-electron chi connectivity index (χ4n) is 0.506. The molecule has 0 aliphatic carbocycles. The van der Waals surface area contributed by atoms with Crippen LogP contribution in [0.3, 0.4) is 0 Å². The molecule has 0 atom stereocenters. The van der Waals surface area contributed by atoms with Crippen molar-refractivity contribution in [1.29, 1.82) is 0 Å². The van der Waals surface area contributed by atoms with Crippen LogP contribution in [0.1, 0.15) is 13.3 Å². The van der Waals surface area contributed by atoms with Crippen LogP contribution in [0.4, 0.5) is 0 Å². The van der Waals surface area contributed by atoms with Crippen LogP contribution in [0, 0.1) is 0 Å². The summed E-state index contributed by atoms with van der Waals surface area (Å²) in [5, 5.41) is 5.51. The molecule has 0 heterocycles. The molecule has 0 saturated heterocycles. The molecule has 1 N–H and O–H groups in total. The van der Waals surface area contributed by atoms with Gasteiger partial charge in [0.15, 0.2) is 0 Å². The molecular formula is C6H12N2S. The van der Waals surface area contributed by atoms with Crippen LogP contribution in [0.15, 0.2) is 4.99 Å². The zero-order chi connectivity index (χ0) is 6.95. The number of hydrogen-bond donors (Lipinski definition) is 1. The molecule has 0 aliphatic heterocycles. The highest BCUT2D eigenvalue weighted by atomic mass is 32.1. The molecule has 0 aliphatic rings. The van der Waals surface area contributed by atoms with Crippen molar-refractivity contribution in [2.75, 3.05) is 19.6 Å². The second kappa shape index (κ2) is 7.76. The monoisotopic (exact) mass is 144 g/mol. The quantitative estimate of drug-likeness (QED) is 0.355. The molecule has 0 radical (unpaired) electrons. The molecule has 3 heteroatoms. The van der Waals surface area contributed by atoms with Crippen LogP contribution < -0.4 is 5.32 Å². The van der Waals surface area contributed by atoms with Crippen LogP contribution in [-0.4, -0.2) is 24.8 Å². The van der Waals surface area contributed by atoms with Crippen molar-refractivity contribution >= 4 is 17.4 Å². The molecule has 0 saturated carbocycles. The van der Waals surface area contributed by atoms with Crippen molar-refractivity contribution in [3.05, 3.63) is 0 Å². The minimum Gasteiger partial charge on any atom is -0.317 e. The molecule has 0 aromatic carbocycles. The predicted molar refractivity (Wildman–Crippen MR) is 43.1 cm³/mol. The second-order valence-corrected chi connectivity index (χ2v) is 1.86. The lowest BCUT2D eigenvalue weighted by Crippen LogP contribution is -2.14. The van der Waals surface area contributed by atoms with Gasteiger partial charge in [0.05, 0.1) is 11.7 Å². The molecule has 2 nitrogen and oxygen atoms in total. The predicted octanol–water partition coefficient (Wildman–Crippen LogP) is 1.09. The highest BCUT2D eigenvalue weighted by Gasteiger charge is 1.80. The van der Waals surface area contributed by atoms with E-state index in [1.54, 1.807) is 0 Å². The minimum atomic E-state index is 0.802. The Balaban J connectivity index is 2.82. The standard InChI is InChI=1S/C6H12N2S/c1-2-7-4-3-5-8-6-9/h7H,2-5H2,1H3. The average Bonchev–Trinajstić information content (AvgIpc) is 1.89. The van der Waals surface area contributed by atoms with Crippen LogP contribution in [0.5, 0.6) is 0 Å². The SMILES string of the molecule is CCNCCCN=C=S. The van der Waals surface area contributed by atoms with Gasteiger partial charge < -0.3 is 5.32 Å². The zero-order valence-electron chi connectivity index (χ0n) is 5.68. The van der Waals surface area contributed by atoms with Gasteiger partial charge in [-0.2, -0.15) is 0 Å². The van der Waals surface area contributed by atoms with Crippen LogP contribution in [0.2, 0.25) is 0 Å². The van der Waals surface area contributed by atoms with E-state index in [1.165, 1.54) is 0 Å². The van der Waals surface area contributed by atoms with E-state index < -0.39 is 0 Å².